The number of benzene rings is 3. The fourth-order valence-electron chi connectivity index (χ4n) is 4.89. The molecule has 0 amide bonds. The average Bonchev–Trinajstić information content (AvgIpc) is 3.29. The number of fused-ring (bicyclic) bond motifs is 1. The monoisotopic (exact) mass is 605 g/mol. The number of nitrogens with zero attached hydrogens (tertiary/aromatic N) is 2. The van der Waals surface area contributed by atoms with E-state index in [9.17, 15) is 22.7 Å². The Morgan fingerprint density at radius 3 is 2.37 bits per heavy atom. The van der Waals surface area contributed by atoms with Crippen LogP contribution in [0.15, 0.2) is 83.8 Å². The Hall–Kier alpha value is -4.48. The lowest BCUT2D eigenvalue weighted by Crippen LogP contribution is -2.18. The summed E-state index contributed by atoms with van der Waals surface area (Å²) in [6, 6.07) is 21.1. The third kappa shape index (κ3) is 7.88. The van der Waals surface area contributed by atoms with Crippen molar-refractivity contribution in [1.29, 1.82) is 0 Å². The highest BCUT2D eigenvalue weighted by Gasteiger charge is 2.21. The number of aromatic hydroxyl groups is 1. The molecule has 3 N–H and O–H groups in total. The Morgan fingerprint density at radius 2 is 1.65 bits per heavy atom. The molecule has 0 aliphatic carbocycles. The molecule has 0 unspecified atom stereocenters. The number of rotatable bonds is 13. The first-order valence-corrected chi connectivity index (χ1v) is 15.6. The minimum atomic E-state index is -3.95. The zero-order valence-electron chi connectivity index (χ0n) is 23.4. The van der Waals surface area contributed by atoms with Crippen LogP contribution in [0.1, 0.15) is 48.2 Å². The van der Waals surface area contributed by atoms with Gasteiger partial charge in [-0.1, -0.05) is 49.2 Å². The van der Waals surface area contributed by atoms with Gasteiger partial charge in [-0.3, -0.25) is 13.9 Å². The Balaban J connectivity index is 1.33. The number of aromatic amines is 1. The molecule has 11 heteroatoms. The Morgan fingerprint density at radius 1 is 0.907 bits per heavy atom. The van der Waals surface area contributed by atoms with Gasteiger partial charge >= 0.3 is 0 Å². The molecule has 2 heterocycles. The quantitative estimate of drug-likeness (QED) is 0.119. The van der Waals surface area contributed by atoms with Crippen LogP contribution in [0.5, 0.6) is 11.5 Å². The number of nitrogens with one attached hydrogen (secondary N) is 1. The van der Waals surface area contributed by atoms with E-state index in [-0.39, 0.29) is 41.5 Å². The van der Waals surface area contributed by atoms with Gasteiger partial charge in [0.1, 0.15) is 11.4 Å². The third-order valence-corrected chi connectivity index (χ3v) is 7.88. The van der Waals surface area contributed by atoms with Gasteiger partial charge in [0.25, 0.3) is 15.7 Å². The molecule has 0 radical (unpaired) electrons. The van der Waals surface area contributed by atoms with E-state index >= 15 is 0 Å². The first-order valence-electron chi connectivity index (χ1n) is 14.0. The van der Waals surface area contributed by atoms with Crippen molar-refractivity contribution >= 4 is 10.1 Å². The van der Waals surface area contributed by atoms with Gasteiger partial charge in [0.2, 0.25) is 0 Å². The number of phenols is 1. The van der Waals surface area contributed by atoms with Gasteiger partial charge in [0.15, 0.2) is 17.4 Å². The van der Waals surface area contributed by atoms with Crippen molar-refractivity contribution in [1.82, 2.24) is 14.5 Å². The SMILES string of the molecule is O=c1c(Cc2ccc(OCCCCCCS(=O)(=O)O)c(F)c2)nc2c(Cc3ccccc3)[nH]c(-c3ccc(O)cc3)cn1-2. The van der Waals surface area contributed by atoms with Crippen LogP contribution < -0.4 is 10.3 Å². The molecule has 5 rings (SSSR count). The average molecular weight is 606 g/mol. The summed E-state index contributed by atoms with van der Waals surface area (Å²) in [6.07, 6.45) is 4.60. The van der Waals surface area contributed by atoms with Crippen LogP contribution in [-0.2, 0) is 23.0 Å². The van der Waals surface area contributed by atoms with Crippen LogP contribution in [0.25, 0.3) is 17.1 Å². The van der Waals surface area contributed by atoms with Crippen molar-refractivity contribution in [2.45, 2.75) is 38.5 Å². The molecule has 3 aromatic carbocycles. The Bertz CT molecular complexity index is 1820. The summed E-state index contributed by atoms with van der Waals surface area (Å²) in [5, 5.41) is 9.72. The van der Waals surface area contributed by atoms with E-state index in [1.165, 1.54) is 16.7 Å². The lowest BCUT2D eigenvalue weighted by molar-refractivity contribution is 0.290. The minimum absolute atomic E-state index is 0.0947. The van der Waals surface area contributed by atoms with Crippen LogP contribution in [0.2, 0.25) is 0 Å². The van der Waals surface area contributed by atoms with E-state index in [2.05, 4.69) is 9.97 Å². The Labute approximate surface area is 248 Å². The molecule has 43 heavy (non-hydrogen) atoms. The van der Waals surface area contributed by atoms with Crippen LogP contribution in [0.4, 0.5) is 4.39 Å². The molecule has 9 nitrogen and oxygen atoms in total. The van der Waals surface area contributed by atoms with Crippen LogP contribution in [-0.4, -0.2) is 45.0 Å². The second-order valence-electron chi connectivity index (χ2n) is 10.4. The zero-order valence-corrected chi connectivity index (χ0v) is 24.2. The van der Waals surface area contributed by atoms with Gasteiger partial charge in [0.05, 0.1) is 23.7 Å². The standard InChI is InChI=1S/C32H32FN3O6S/c33-26-18-23(10-15-30(26)42-16-6-1-2-7-17-43(39,40)41)20-28-32(38)36-21-29(24-11-13-25(37)14-12-24)34-27(31(36)35-28)19-22-8-4-3-5-9-22/h3-5,8-15,18,21,34,37H,1-2,6-7,16-17,19-20H2,(H,39,40,41). The lowest BCUT2D eigenvalue weighted by Gasteiger charge is -2.13. The van der Waals surface area contributed by atoms with Crippen molar-refractivity contribution in [2.24, 2.45) is 0 Å². The van der Waals surface area contributed by atoms with E-state index in [0.717, 1.165) is 16.8 Å². The smallest absolute Gasteiger partial charge is 0.278 e. The fraction of sp³-hybridized carbons (Fsp3) is 0.250. The largest absolute Gasteiger partial charge is 0.508 e. The third-order valence-electron chi connectivity index (χ3n) is 7.07. The highest BCUT2D eigenvalue weighted by molar-refractivity contribution is 7.85. The summed E-state index contributed by atoms with van der Waals surface area (Å²) in [6.45, 7) is 0.267. The van der Waals surface area contributed by atoms with E-state index < -0.39 is 15.9 Å². The molecule has 224 valence electrons. The van der Waals surface area contributed by atoms with E-state index in [1.54, 1.807) is 36.5 Å². The van der Waals surface area contributed by atoms with Gasteiger partial charge in [-0.15, -0.1) is 0 Å². The normalized spacial score (nSPS) is 11.7. The topological polar surface area (TPSA) is 135 Å². The summed E-state index contributed by atoms with van der Waals surface area (Å²) in [4.78, 5) is 21.6. The molecule has 0 saturated carbocycles. The summed E-state index contributed by atoms with van der Waals surface area (Å²) >= 11 is 0. The lowest BCUT2D eigenvalue weighted by atomic mass is 10.1. The number of aromatic nitrogens is 3. The summed E-state index contributed by atoms with van der Waals surface area (Å²) in [5.41, 5.74) is 3.81. The van der Waals surface area contributed by atoms with Crippen LogP contribution in [0.3, 0.4) is 0 Å². The maximum absolute atomic E-state index is 14.8. The summed E-state index contributed by atoms with van der Waals surface area (Å²) in [7, 11) is -3.95. The minimum Gasteiger partial charge on any atom is -0.508 e. The maximum Gasteiger partial charge on any atom is 0.278 e. The van der Waals surface area contributed by atoms with E-state index in [4.69, 9.17) is 9.29 Å². The Kier molecular flexibility index (Phi) is 9.22. The molecular weight excluding hydrogens is 573 g/mol. The number of hydrogen-bond donors (Lipinski definition) is 3. The van der Waals surface area contributed by atoms with Gasteiger partial charge in [-0.25, -0.2) is 9.37 Å². The highest BCUT2D eigenvalue weighted by atomic mass is 32.2. The van der Waals surface area contributed by atoms with Crippen LogP contribution in [0, 0.1) is 5.82 Å². The second kappa shape index (κ2) is 13.2. The summed E-state index contributed by atoms with van der Waals surface area (Å²) in [5.74, 6) is -0.0947. The predicted octanol–water partition coefficient (Wildman–Crippen LogP) is 5.52. The van der Waals surface area contributed by atoms with Crippen LogP contribution >= 0.6 is 0 Å². The molecule has 0 saturated heterocycles. The summed E-state index contributed by atoms with van der Waals surface area (Å²) < 4.78 is 52.2. The number of phenolic OH excluding ortho intramolecular Hbond substituents is 1. The van der Waals surface area contributed by atoms with Gasteiger partial charge < -0.3 is 14.8 Å². The number of hydrogen-bond acceptors (Lipinski definition) is 6. The van der Waals surface area contributed by atoms with E-state index in [1.807, 2.05) is 30.3 Å². The van der Waals surface area contributed by atoms with Crippen molar-refractivity contribution in [3.8, 4) is 28.6 Å². The van der Waals surface area contributed by atoms with Gasteiger partial charge in [0, 0.05) is 19.0 Å². The van der Waals surface area contributed by atoms with E-state index in [0.29, 0.717) is 49.2 Å². The first kappa shape index (κ1) is 30.0. The predicted molar refractivity (Wildman–Crippen MR) is 161 cm³/mol. The van der Waals surface area contributed by atoms with Gasteiger partial charge in [-0.05, 0) is 65.9 Å². The second-order valence-corrected chi connectivity index (χ2v) is 12.0. The highest BCUT2D eigenvalue weighted by Crippen LogP contribution is 2.26. The number of imidazole rings is 1. The number of H-pyrrole nitrogens is 1. The number of halogens is 1. The molecule has 2 aliphatic heterocycles. The van der Waals surface area contributed by atoms with Gasteiger partial charge in [-0.2, -0.15) is 8.42 Å². The molecule has 0 atom stereocenters. The number of unbranched alkanes of at least 4 members (excludes halogenated alkanes) is 3. The molecule has 0 bridgehead atoms. The van der Waals surface area contributed by atoms with Crippen molar-refractivity contribution in [2.75, 3.05) is 12.4 Å². The molecule has 0 aromatic heterocycles. The molecule has 0 fully saturated rings. The number of ether oxygens (including phenoxy) is 1. The fourth-order valence-corrected chi connectivity index (χ4v) is 5.46. The maximum atomic E-state index is 14.8. The first-order chi connectivity index (χ1) is 20.7. The van der Waals surface area contributed by atoms with Crippen molar-refractivity contribution < 1.29 is 27.2 Å². The molecule has 2 aliphatic rings. The zero-order chi connectivity index (χ0) is 30.4. The molecule has 0 spiro atoms. The van der Waals surface area contributed by atoms with Crippen molar-refractivity contribution in [3.63, 3.8) is 0 Å². The van der Waals surface area contributed by atoms with Crippen molar-refractivity contribution in [3.05, 3.63) is 118 Å². The molecule has 3 aromatic rings. The molecular formula is C32H32FN3O6S.